The molecule has 0 saturated heterocycles. The van der Waals surface area contributed by atoms with Crippen molar-refractivity contribution in [2.75, 3.05) is 6.61 Å². The summed E-state index contributed by atoms with van der Waals surface area (Å²) in [6, 6.07) is 11.4. The number of ether oxygens (including phenoxy) is 1. The van der Waals surface area contributed by atoms with Crippen molar-refractivity contribution in [1.82, 2.24) is 4.57 Å². The minimum Gasteiger partial charge on any atom is -0.465 e. The van der Waals surface area contributed by atoms with Crippen molar-refractivity contribution in [1.29, 1.82) is 0 Å². The number of esters is 1. The van der Waals surface area contributed by atoms with Crippen molar-refractivity contribution >= 4 is 33.4 Å². The van der Waals surface area contributed by atoms with Gasteiger partial charge in [0.15, 0.2) is 4.80 Å². The number of carbonyl (C=O) groups excluding carboxylic acids is 2. The van der Waals surface area contributed by atoms with Gasteiger partial charge in [0.2, 0.25) is 0 Å². The molecule has 0 spiro atoms. The highest BCUT2D eigenvalue weighted by atomic mass is 32.1. The number of amides is 1. The van der Waals surface area contributed by atoms with E-state index < -0.39 is 17.7 Å². The third kappa shape index (κ3) is 3.72. The molecule has 3 rings (SSSR count). The maximum atomic E-state index is 13.9. The molecule has 1 aromatic heterocycles. The first-order chi connectivity index (χ1) is 12.5. The van der Waals surface area contributed by atoms with Crippen molar-refractivity contribution in [3.8, 4) is 0 Å². The van der Waals surface area contributed by atoms with Crippen LogP contribution in [0.1, 0.15) is 22.8 Å². The summed E-state index contributed by atoms with van der Waals surface area (Å²) in [6.45, 7) is 3.88. The van der Waals surface area contributed by atoms with E-state index >= 15 is 0 Å². The molecular formula is C19H17FN2O3S. The van der Waals surface area contributed by atoms with Crippen LogP contribution in [0.15, 0.2) is 47.5 Å². The highest BCUT2D eigenvalue weighted by Gasteiger charge is 2.14. The van der Waals surface area contributed by atoms with Gasteiger partial charge in [0.25, 0.3) is 5.91 Å². The van der Waals surface area contributed by atoms with Gasteiger partial charge in [0.05, 0.1) is 22.4 Å². The summed E-state index contributed by atoms with van der Waals surface area (Å²) >= 11 is 1.27. The molecule has 0 bridgehead atoms. The van der Waals surface area contributed by atoms with E-state index in [2.05, 4.69) is 4.99 Å². The summed E-state index contributed by atoms with van der Waals surface area (Å²) in [5.74, 6) is -1.74. The fraction of sp³-hybridized carbons (Fsp3) is 0.211. The first-order valence-corrected chi connectivity index (χ1v) is 8.90. The van der Waals surface area contributed by atoms with Crippen LogP contribution >= 0.6 is 11.3 Å². The first kappa shape index (κ1) is 18.0. The van der Waals surface area contributed by atoms with Gasteiger partial charge in [-0.1, -0.05) is 29.5 Å². The molecule has 0 fully saturated rings. The Balaban J connectivity index is 2.13. The summed E-state index contributed by atoms with van der Waals surface area (Å²) in [5.41, 5.74) is 1.71. The molecule has 0 N–H and O–H groups in total. The number of thiazole rings is 1. The van der Waals surface area contributed by atoms with Crippen LogP contribution in [-0.4, -0.2) is 23.1 Å². The third-order valence-corrected chi connectivity index (χ3v) is 4.77. The second-order valence-electron chi connectivity index (χ2n) is 5.64. The minimum absolute atomic E-state index is 0.0692. The Bertz CT molecular complexity index is 1050. The van der Waals surface area contributed by atoms with E-state index in [1.165, 1.54) is 29.5 Å². The van der Waals surface area contributed by atoms with E-state index in [0.29, 0.717) is 4.80 Å². The molecule has 0 aliphatic carbocycles. The van der Waals surface area contributed by atoms with Gasteiger partial charge in [-0.05, 0) is 43.7 Å². The molecule has 0 radical (unpaired) electrons. The van der Waals surface area contributed by atoms with Gasteiger partial charge >= 0.3 is 5.97 Å². The molecule has 5 nitrogen and oxygen atoms in total. The number of fused-ring (bicyclic) bond motifs is 1. The van der Waals surface area contributed by atoms with E-state index in [0.717, 1.165) is 15.8 Å². The number of aromatic nitrogens is 1. The molecule has 7 heteroatoms. The average Bonchev–Trinajstić information content (AvgIpc) is 2.91. The third-order valence-electron chi connectivity index (χ3n) is 3.73. The van der Waals surface area contributed by atoms with Crippen molar-refractivity contribution < 1.29 is 18.7 Å². The molecule has 1 amide bonds. The highest BCUT2D eigenvalue weighted by molar-refractivity contribution is 7.16. The summed E-state index contributed by atoms with van der Waals surface area (Å²) in [6.07, 6.45) is 0. The molecule has 0 saturated carbocycles. The largest absolute Gasteiger partial charge is 0.465 e. The zero-order valence-corrected chi connectivity index (χ0v) is 15.2. The second-order valence-corrected chi connectivity index (χ2v) is 6.65. The Morgan fingerprint density at radius 3 is 2.73 bits per heavy atom. The summed E-state index contributed by atoms with van der Waals surface area (Å²) in [7, 11) is 0. The van der Waals surface area contributed by atoms with Gasteiger partial charge < -0.3 is 9.30 Å². The standard InChI is InChI=1S/C19H17FN2O3S/c1-3-25-17(23)11-22-15-9-8-12(2)10-16(15)26-19(22)21-18(24)13-6-4-5-7-14(13)20/h4-10H,3,11H2,1-2H3. The Hall–Kier alpha value is -2.80. The Labute approximate surface area is 153 Å². The van der Waals surface area contributed by atoms with Crippen LogP contribution in [0.25, 0.3) is 10.2 Å². The zero-order chi connectivity index (χ0) is 18.7. The Kier molecular flexibility index (Phi) is 5.27. The van der Waals surface area contributed by atoms with Crippen molar-refractivity contribution in [2.45, 2.75) is 20.4 Å². The predicted molar refractivity (Wildman–Crippen MR) is 97.5 cm³/mol. The van der Waals surface area contributed by atoms with E-state index in [9.17, 15) is 14.0 Å². The van der Waals surface area contributed by atoms with Gasteiger partial charge in [-0.3, -0.25) is 9.59 Å². The van der Waals surface area contributed by atoms with Gasteiger partial charge in [0.1, 0.15) is 12.4 Å². The monoisotopic (exact) mass is 372 g/mol. The van der Waals surface area contributed by atoms with Crippen molar-refractivity contribution in [3.05, 3.63) is 64.2 Å². The number of rotatable bonds is 4. The number of carbonyl (C=O) groups is 2. The predicted octanol–water partition coefficient (Wildman–Crippen LogP) is 3.45. The Morgan fingerprint density at radius 1 is 1.23 bits per heavy atom. The van der Waals surface area contributed by atoms with Crippen molar-refractivity contribution in [2.24, 2.45) is 4.99 Å². The first-order valence-electron chi connectivity index (χ1n) is 8.08. The number of halogens is 1. The molecule has 3 aromatic rings. The van der Waals surface area contributed by atoms with Crippen LogP contribution in [0.2, 0.25) is 0 Å². The number of benzene rings is 2. The highest BCUT2D eigenvalue weighted by Crippen LogP contribution is 2.19. The number of nitrogens with zero attached hydrogens (tertiary/aromatic N) is 2. The lowest BCUT2D eigenvalue weighted by Gasteiger charge is -2.05. The van der Waals surface area contributed by atoms with Gasteiger partial charge in [0, 0.05) is 0 Å². The van der Waals surface area contributed by atoms with Gasteiger partial charge in [-0.25, -0.2) is 4.39 Å². The molecule has 0 aliphatic rings. The lowest BCUT2D eigenvalue weighted by atomic mass is 10.2. The molecule has 1 heterocycles. The maximum absolute atomic E-state index is 13.9. The Morgan fingerprint density at radius 2 is 2.00 bits per heavy atom. The molecule has 134 valence electrons. The smallest absolute Gasteiger partial charge is 0.326 e. The molecular weight excluding hydrogens is 355 g/mol. The van der Waals surface area contributed by atoms with Crippen LogP contribution in [0.5, 0.6) is 0 Å². The summed E-state index contributed by atoms with van der Waals surface area (Å²) < 4.78 is 21.4. The van der Waals surface area contributed by atoms with Crippen LogP contribution in [0.4, 0.5) is 4.39 Å². The maximum Gasteiger partial charge on any atom is 0.326 e. The number of hydrogen-bond acceptors (Lipinski definition) is 4. The van der Waals surface area contributed by atoms with Crippen LogP contribution < -0.4 is 4.80 Å². The van der Waals surface area contributed by atoms with Gasteiger partial charge in [-0.15, -0.1) is 0 Å². The summed E-state index contributed by atoms with van der Waals surface area (Å²) in [5, 5.41) is 0. The molecule has 0 aliphatic heterocycles. The fourth-order valence-electron chi connectivity index (χ4n) is 2.54. The van der Waals surface area contributed by atoms with Crippen LogP contribution in [0, 0.1) is 12.7 Å². The van der Waals surface area contributed by atoms with Crippen molar-refractivity contribution in [3.63, 3.8) is 0 Å². The topological polar surface area (TPSA) is 60.7 Å². The fourth-order valence-corrected chi connectivity index (χ4v) is 3.66. The van der Waals surface area contributed by atoms with E-state index in [-0.39, 0.29) is 18.7 Å². The normalized spacial score (nSPS) is 11.7. The SMILES string of the molecule is CCOC(=O)Cn1c(=NC(=O)c2ccccc2F)sc2cc(C)ccc21. The van der Waals surface area contributed by atoms with Crippen LogP contribution in [-0.2, 0) is 16.1 Å². The second kappa shape index (κ2) is 7.61. The quantitative estimate of drug-likeness (QED) is 0.659. The van der Waals surface area contributed by atoms with Crippen LogP contribution in [0.3, 0.4) is 0 Å². The minimum atomic E-state index is -0.691. The molecule has 0 unspecified atom stereocenters. The van der Waals surface area contributed by atoms with E-state index in [4.69, 9.17) is 4.74 Å². The summed E-state index contributed by atoms with van der Waals surface area (Å²) in [4.78, 5) is 28.8. The molecule has 0 atom stereocenters. The van der Waals surface area contributed by atoms with E-state index in [1.54, 1.807) is 17.6 Å². The lowest BCUT2D eigenvalue weighted by Crippen LogP contribution is -2.23. The average molecular weight is 372 g/mol. The van der Waals surface area contributed by atoms with E-state index in [1.807, 2.05) is 25.1 Å². The number of aryl methyl sites for hydroxylation is 1. The lowest BCUT2D eigenvalue weighted by molar-refractivity contribution is -0.143. The van der Waals surface area contributed by atoms with Gasteiger partial charge in [-0.2, -0.15) is 4.99 Å². The zero-order valence-electron chi connectivity index (χ0n) is 14.4. The molecule has 26 heavy (non-hydrogen) atoms. The molecule has 2 aromatic carbocycles. The number of hydrogen-bond donors (Lipinski definition) is 0.